The summed E-state index contributed by atoms with van der Waals surface area (Å²) >= 11 is 0. The molecule has 0 aliphatic carbocycles. The average molecular weight is 274 g/mol. The van der Waals surface area contributed by atoms with Crippen LogP contribution in [0.4, 0.5) is 0 Å². The van der Waals surface area contributed by atoms with Crippen LogP contribution in [0, 0.1) is 17.8 Å². The molecule has 0 aromatic carbocycles. The maximum Gasteiger partial charge on any atom is 0.132 e. The molecule has 116 valence electrons. The third-order valence-electron chi connectivity index (χ3n) is 2.81. The highest BCUT2D eigenvalue weighted by Gasteiger charge is 2.03. The van der Waals surface area contributed by atoms with E-state index in [2.05, 4.69) is 0 Å². The molecule has 0 fully saturated rings. The smallest absolute Gasteiger partial charge is 0.132 e. The molecule has 1 atom stereocenters. The van der Waals surface area contributed by atoms with Gasteiger partial charge in [-0.1, -0.05) is 48.5 Å². The molecular formula is C16H34O3. The van der Waals surface area contributed by atoms with Crippen molar-refractivity contribution in [3.63, 3.8) is 0 Å². The summed E-state index contributed by atoms with van der Waals surface area (Å²) in [6.07, 6.45) is 0.775. The van der Waals surface area contributed by atoms with Crippen molar-refractivity contribution in [1.29, 1.82) is 0 Å². The third-order valence-corrected chi connectivity index (χ3v) is 2.81. The van der Waals surface area contributed by atoms with Gasteiger partial charge in [-0.3, -0.25) is 9.59 Å². The standard InChI is InChI=1S/C6H14O.2C5H10O/c1-4-6(7)5(2)3;2*1-4(2)5(3)6/h5-7H,4H2,1-3H3;2*4H,1-3H3. The Labute approximate surface area is 119 Å². The number of hydrogen-bond acceptors (Lipinski definition) is 3. The summed E-state index contributed by atoms with van der Waals surface area (Å²) in [4.78, 5) is 20.3. The first kappa shape index (κ1) is 23.4. The van der Waals surface area contributed by atoms with Crippen LogP contribution < -0.4 is 0 Å². The van der Waals surface area contributed by atoms with Gasteiger partial charge in [0.1, 0.15) is 11.6 Å². The molecule has 0 amide bonds. The minimum Gasteiger partial charge on any atom is -0.393 e. The van der Waals surface area contributed by atoms with Crippen LogP contribution in [0.25, 0.3) is 0 Å². The summed E-state index contributed by atoms with van der Waals surface area (Å²) in [6, 6.07) is 0. The Hall–Kier alpha value is -0.700. The monoisotopic (exact) mass is 274 g/mol. The predicted molar refractivity (Wildman–Crippen MR) is 82.2 cm³/mol. The Morgan fingerprint density at radius 2 is 1.05 bits per heavy atom. The predicted octanol–water partition coefficient (Wildman–Crippen LogP) is 3.88. The molecule has 0 aromatic rings. The lowest BCUT2D eigenvalue weighted by Gasteiger charge is -2.09. The van der Waals surface area contributed by atoms with Crippen molar-refractivity contribution in [3.8, 4) is 0 Å². The van der Waals surface area contributed by atoms with Gasteiger partial charge in [0, 0.05) is 11.8 Å². The second-order valence-corrected chi connectivity index (χ2v) is 5.75. The minimum atomic E-state index is -0.0972. The maximum absolute atomic E-state index is 10.1. The first-order valence-corrected chi connectivity index (χ1v) is 7.16. The summed E-state index contributed by atoms with van der Waals surface area (Å²) in [5.41, 5.74) is 0. The normalized spacial score (nSPS) is 11.4. The molecule has 0 aliphatic heterocycles. The molecule has 1 unspecified atom stereocenters. The molecule has 19 heavy (non-hydrogen) atoms. The van der Waals surface area contributed by atoms with Crippen LogP contribution in [0.3, 0.4) is 0 Å². The summed E-state index contributed by atoms with van der Waals surface area (Å²) in [5.74, 6) is 1.37. The van der Waals surface area contributed by atoms with Crippen molar-refractivity contribution >= 4 is 11.6 Å². The Bertz CT molecular complexity index is 212. The summed E-state index contributed by atoms with van der Waals surface area (Å²) in [6.45, 7) is 16.8. The van der Waals surface area contributed by atoms with Crippen LogP contribution in [0.1, 0.15) is 68.7 Å². The second kappa shape index (κ2) is 13.7. The zero-order valence-electron chi connectivity index (χ0n) is 14.3. The molecule has 1 N–H and O–H groups in total. The van der Waals surface area contributed by atoms with Gasteiger partial charge in [0.2, 0.25) is 0 Å². The van der Waals surface area contributed by atoms with Crippen molar-refractivity contribution in [2.24, 2.45) is 17.8 Å². The van der Waals surface area contributed by atoms with E-state index in [0.717, 1.165) is 6.42 Å². The Morgan fingerprint density at radius 1 is 0.842 bits per heavy atom. The van der Waals surface area contributed by atoms with Gasteiger partial charge in [-0.2, -0.15) is 0 Å². The van der Waals surface area contributed by atoms with E-state index in [1.807, 2.05) is 48.5 Å². The fourth-order valence-electron chi connectivity index (χ4n) is 0.471. The van der Waals surface area contributed by atoms with E-state index in [-0.39, 0.29) is 29.5 Å². The molecular weight excluding hydrogens is 240 g/mol. The molecule has 3 heteroatoms. The van der Waals surface area contributed by atoms with E-state index in [4.69, 9.17) is 5.11 Å². The molecule has 0 aromatic heterocycles. The number of aliphatic hydroxyl groups excluding tert-OH is 1. The lowest BCUT2D eigenvalue weighted by molar-refractivity contribution is -0.120. The lowest BCUT2D eigenvalue weighted by atomic mass is 10.1. The van der Waals surface area contributed by atoms with E-state index >= 15 is 0 Å². The van der Waals surface area contributed by atoms with Crippen LogP contribution in [-0.4, -0.2) is 22.8 Å². The van der Waals surface area contributed by atoms with Crippen LogP contribution >= 0.6 is 0 Å². The van der Waals surface area contributed by atoms with E-state index in [0.29, 0.717) is 5.92 Å². The zero-order chi connectivity index (χ0) is 16.2. The van der Waals surface area contributed by atoms with Gasteiger partial charge in [0.15, 0.2) is 0 Å². The molecule has 0 spiro atoms. The zero-order valence-corrected chi connectivity index (χ0v) is 14.3. The molecule has 0 heterocycles. The van der Waals surface area contributed by atoms with Gasteiger partial charge in [-0.15, -0.1) is 0 Å². The largest absolute Gasteiger partial charge is 0.393 e. The number of hydrogen-bond donors (Lipinski definition) is 1. The Morgan fingerprint density at radius 3 is 1.05 bits per heavy atom. The van der Waals surface area contributed by atoms with Crippen molar-refractivity contribution < 1.29 is 14.7 Å². The van der Waals surface area contributed by atoms with E-state index in [1.165, 1.54) is 0 Å². The highest BCUT2D eigenvalue weighted by molar-refractivity contribution is 5.77. The van der Waals surface area contributed by atoms with Gasteiger partial charge in [-0.25, -0.2) is 0 Å². The van der Waals surface area contributed by atoms with Crippen LogP contribution in [0.15, 0.2) is 0 Å². The second-order valence-electron chi connectivity index (χ2n) is 5.75. The number of ketones is 2. The van der Waals surface area contributed by atoms with Crippen LogP contribution in [0.5, 0.6) is 0 Å². The van der Waals surface area contributed by atoms with E-state index in [1.54, 1.807) is 13.8 Å². The molecule has 0 radical (unpaired) electrons. The number of Topliss-reactive ketones (excluding diaryl/α,β-unsaturated/α-hetero) is 2. The van der Waals surface area contributed by atoms with E-state index < -0.39 is 0 Å². The van der Waals surface area contributed by atoms with E-state index in [9.17, 15) is 9.59 Å². The fourth-order valence-corrected chi connectivity index (χ4v) is 0.471. The Kier molecular flexibility index (Phi) is 16.9. The van der Waals surface area contributed by atoms with Gasteiger partial charge in [-0.05, 0) is 26.2 Å². The third kappa shape index (κ3) is 22.9. The molecule has 0 bridgehead atoms. The highest BCUT2D eigenvalue weighted by Crippen LogP contribution is 2.02. The van der Waals surface area contributed by atoms with Crippen molar-refractivity contribution in [2.75, 3.05) is 0 Å². The molecule has 3 nitrogen and oxygen atoms in total. The SMILES string of the molecule is CC(=O)C(C)C.CC(=O)C(C)C.CCC(O)C(C)C. The van der Waals surface area contributed by atoms with Crippen molar-refractivity contribution in [1.82, 2.24) is 0 Å². The Balaban J connectivity index is -0.000000203. The van der Waals surface area contributed by atoms with Gasteiger partial charge in [0.05, 0.1) is 6.10 Å². The summed E-state index contributed by atoms with van der Waals surface area (Å²) in [7, 11) is 0. The molecule has 0 rings (SSSR count). The number of rotatable bonds is 4. The number of carbonyl (C=O) groups is 2. The first-order chi connectivity index (χ1) is 8.47. The average Bonchev–Trinajstić information content (AvgIpc) is 2.29. The summed E-state index contributed by atoms with van der Waals surface area (Å²) < 4.78 is 0. The maximum atomic E-state index is 10.1. The minimum absolute atomic E-state index is 0.0972. The number of carbonyl (C=O) groups excluding carboxylic acids is 2. The van der Waals surface area contributed by atoms with Crippen LogP contribution in [-0.2, 0) is 9.59 Å². The van der Waals surface area contributed by atoms with Crippen molar-refractivity contribution in [3.05, 3.63) is 0 Å². The van der Waals surface area contributed by atoms with Gasteiger partial charge < -0.3 is 5.11 Å². The van der Waals surface area contributed by atoms with Crippen molar-refractivity contribution in [2.45, 2.75) is 74.8 Å². The summed E-state index contributed by atoms with van der Waals surface area (Å²) in [5, 5.41) is 8.94. The topological polar surface area (TPSA) is 54.4 Å². The van der Waals surface area contributed by atoms with Gasteiger partial charge >= 0.3 is 0 Å². The molecule has 0 saturated heterocycles. The van der Waals surface area contributed by atoms with Crippen LogP contribution in [0.2, 0.25) is 0 Å². The quantitative estimate of drug-likeness (QED) is 0.846. The molecule has 0 saturated carbocycles. The highest BCUT2D eigenvalue weighted by atomic mass is 16.3. The number of aliphatic hydroxyl groups is 1. The first-order valence-electron chi connectivity index (χ1n) is 7.16. The molecule has 0 aliphatic rings. The fraction of sp³-hybridized carbons (Fsp3) is 0.875. The van der Waals surface area contributed by atoms with Gasteiger partial charge in [0.25, 0.3) is 0 Å². The lowest BCUT2D eigenvalue weighted by Crippen LogP contribution is -2.11.